The zero-order valence-corrected chi connectivity index (χ0v) is 17.3. The van der Waals surface area contributed by atoms with Gasteiger partial charge in [-0.1, -0.05) is 18.2 Å². The van der Waals surface area contributed by atoms with Crippen molar-refractivity contribution in [2.24, 2.45) is 0 Å². The number of amides is 2. The number of nitrogens with zero attached hydrogens (tertiary/aromatic N) is 3. The Morgan fingerprint density at radius 1 is 1.13 bits per heavy atom. The molecule has 4 rings (SSSR count). The van der Waals surface area contributed by atoms with Gasteiger partial charge in [0.25, 0.3) is 5.91 Å². The number of benzene rings is 2. The Hall–Kier alpha value is -3.35. The molecular formula is C23H26N4O3. The Balaban J connectivity index is 1.60. The zero-order chi connectivity index (χ0) is 21.1. The predicted molar refractivity (Wildman–Crippen MR) is 114 cm³/mol. The standard InChI is InChI=1S/C23H26N4O3/c1-16(24-23(29)17-8-7-9-18(14-17)30-2)22-25-19-10-3-4-11-20(19)27(22)15-21(28)26-12-5-6-13-26/h3-4,7-11,14,16H,5-6,12-13,15H2,1-2H3,(H,24,29). The van der Waals surface area contributed by atoms with Crippen LogP contribution in [0, 0.1) is 0 Å². The number of carbonyl (C=O) groups excluding carboxylic acids is 2. The maximum absolute atomic E-state index is 12.8. The Kier molecular flexibility index (Phi) is 5.70. The van der Waals surface area contributed by atoms with Gasteiger partial charge < -0.3 is 19.5 Å². The van der Waals surface area contributed by atoms with E-state index in [9.17, 15) is 9.59 Å². The van der Waals surface area contributed by atoms with Crippen LogP contribution in [0.5, 0.6) is 5.75 Å². The highest BCUT2D eigenvalue weighted by molar-refractivity contribution is 5.94. The molecule has 2 heterocycles. The van der Waals surface area contributed by atoms with Gasteiger partial charge in [0.1, 0.15) is 18.1 Å². The maximum atomic E-state index is 12.8. The van der Waals surface area contributed by atoms with Crippen molar-refractivity contribution in [3.8, 4) is 5.75 Å². The minimum absolute atomic E-state index is 0.0863. The lowest BCUT2D eigenvalue weighted by molar-refractivity contribution is -0.130. The summed E-state index contributed by atoms with van der Waals surface area (Å²) in [6.45, 7) is 3.72. The summed E-state index contributed by atoms with van der Waals surface area (Å²) in [5, 5.41) is 3.01. The van der Waals surface area contributed by atoms with Crippen molar-refractivity contribution in [1.29, 1.82) is 0 Å². The van der Waals surface area contributed by atoms with E-state index in [0.717, 1.165) is 37.0 Å². The normalized spacial score (nSPS) is 14.7. The molecule has 0 saturated carbocycles. The van der Waals surface area contributed by atoms with E-state index in [4.69, 9.17) is 9.72 Å². The topological polar surface area (TPSA) is 76.5 Å². The van der Waals surface area contributed by atoms with E-state index in [2.05, 4.69) is 5.32 Å². The minimum Gasteiger partial charge on any atom is -0.497 e. The van der Waals surface area contributed by atoms with Crippen molar-refractivity contribution in [3.05, 3.63) is 59.9 Å². The van der Waals surface area contributed by atoms with Crippen molar-refractivity contribution in [3.63, 3.8) is 0 Å². The molecule has 0 aliphatic carbocycles. The first-order valence-corrected chi connectivity index (χ1v) is 10.2. The summed E-state index contributed by atoms with van der Waals surface area (Å²) >= 11 is 0. The summed E-state index contributed by atoms with van der Waals surface area (Å²) < 4.78 is 7.13. The van der Waals surface area contributed by atoms with E-state index in [1.54, 1.807) is 31.4 Å². The van der Waals surface area contributed by atoms with Gasteiger partial charge in [-0.05, 0) is 50.1 Å². The molecule has 1 aliphatic rings. The lowest BCUT2D eigenvalue weighted by Crippen LogP contribution is -2.33. The molecule has 2 amide bonds. The van der Waals surface area contributed by atoms with E-state index >= 15 is 0 Å². The molecule has 1 N–H and O–H groups in total. The molecule has 1 fully saturated rings. The maximum Gasteiger partial charge on any atom is 0.251 e. The van der Waals surface area contributed by atoms with Crippen molar-refractivity contribution < 1.29 is 14.3 Å². The van der Waals surface area contributed by atoms with E-state index in [1.165, 1.54) is 0 Å². The third-order valence-electron chi connectivity index (χ3n) is 5.50. The largest absolute Gasteiger partial charge is 0.497 e. The number of fused-ring (bicyclic) bond motifs is 1. The van der Waals surface area contributed by atoms with Crippen LogP contribution in [0.2, 0.25) is 0 Å². The molecule has 1 aromatic heterocycles. The van der Waals surface area contributed by atoms with Crippen LogP contribution in [0.1, 0.15) is 42.0 Å². The molecule has 0 bridgehead atoms. The number of aromatic nitrogens is 2. The minimum atomic E-state index is -0.373. The van der Waals surface area contributed by atoms with E-state index < -0.39 is 0 Å². The third kappa shape index (κ3) is 4.01. The van der Waals surface area contributed by atoms with E-state index in [0.29, 0.717) is 17.1 Å². The van der Waals surface area contributed by atoms with Crippen molar-refractivity contribution in [2.45, 2.75) is 32.4 Å². The molecule has 1 saturated heterocycles. The van der Waals surface area contributed by atoms with Gasteiger partial charge in [0.2, 0.25) is 5.91 Å². The number of hydrogen-bond acceptors (Lipinski definition) is 4. The van der Waals surface area contributed by atoms with Gasteiger partial charge in [0, 0.05) is 18.7 Å². The molecule has 0 radical (unpaired) electrons. The van der Waals surface area contributed by atoms with Gasteiger partial charge in [0.15, 0.2) is 0 Å². The predicted octanol–water partition coefficient (Wildman–Crippen LogP) is 3.16. The average molecular weight is 406 g/mol. The highest BCUT2D eigenvalue weighted by Crippen LogP contribution is 2.22. The highest BCUT2D eigenvalue weighted by atomic mass is 16.5. The van der Waals surface area contributed by atoms with Crippen LogP contribution in [0.4, 0.5) is 0 Å². The second-order valence-electron chi connectivity index (χ2n) is 7.56. The number of likely N-dealkylation sites (tertiary alicyclic amines) is 1. The molecule has 1 atom stereocenters. The number of ether oxygens (including phenoxy) is 1. The monoisotopic (exact) mass is 406 g/mol. The van der Waals surface area contributed by atoms with Crippen molar-refractivity contribution in [1.82, 2.24) is 19.8 Å². The number of para-hydroxylation sites is 2. The van der Waals surface area contributed by atoms with Gasteiger partial charge in [-0.2, -0.15) is 0 Å². The van der Waals surface area contributed by atoms with Crippen LogP contribution in [-0.2, 0) is 11.3 Å². The number of hydrogen-bond donors (Lipinski definition) is 1. The van der Waals surface area contributed by atoms with Gasteiger partial charge in [0.05, 0.1) is 24.2 Å². The quantitative estimate of drug-likeness (QED) is 0.682. The van der Waals surface area contributed by atoms with Crippen LogP contribution >= 0.6 is 0 Å². The molecule has 156 valence electrons. The second-order valence-corrected chi connectivity index (χ2v) is 7.56. The number of carbonyl (C=O) groups is 2. The Morgan fingerprint density at radius 3 is 2.67 bits per heavy atom. The van der Waals surface area contributed by atoms with Crippen molar-refractivity contribution in [2.75, 3.05) is 20.2 Å². The summed E-state index contributed by atoms with van der Waals surface area (Å²) in [6.07, 6.45) is 2.10. The number of methoxy groups -OCH3 is 1. The summed E-state index contributed by atoms with van der Waals surface area (Å²) in [4.78, 5) is 32.2. The van der Waals surface area contributed by atoms with Gasteiger partial charge >= 0.3 is 0 Å². The summed E-state index contributed by atoms with van der Waals surface area (Å²) in [7, 11) is 1.57. The molecule has 1 unspecified atom stereocenters. The molecule has 2 aromatic carbocycles. The molecule has 3 aromatic rings. The second kappa shape index (κ2) is 8.57. The SMILES string of the molecule is COc1cccc(C(=O)NC(C)c2nc3ccccc3n2CC(=O)N2CCCC2)c1. The van der Waals surface area contributed by atoms with Crippen LogP contribution < -0.4 is 10.1 Å². The molecule has 1 aliphatic heterocycles. The van der Waals surface area contributed by atoms with E-state index in [-0.39, 0.29) is 24.4 Å². The van der Waals surface area contributed by atoms with Crippen LogP contribution in [-0.4, -0.2) is 46.5 Å². The van der Waals surface area contributed by atoms with Crippen molar-refractivity contribution >= 4 is 22.8 Å². The first-order valence-electron chi connectivity index (χ1n) is 10.2. The third-order valence-corrected chi connectivity index (χ3v) is 5.50. The first kappa shape index (κ1) is 19.9. The van der Waals surface area contributed by atoms with Crippen LogP contribution in [0.3, 0.4) is 0 Å². The molecule has 30 heavy (non-hydrogen) atoms. The summed E-state index contributed by atoms with van der Waals surface area (Å²) in [5.41, 5.74) is 2.21. The molecule has 7 heteroatoms. The average Bonchev–Trinajstić information content (AvgIpc) is 3.42. The fourth-order valence-electron chi connectivity index (χ4n) is 3.90. The fraction of sp³-hybridized carbons (Fsp3) is 0.348. The van der Waals surface area contributed by atoms with Gasteiger partial charge in [-0.15, -0.1) is 0 Å². The van der Waals surface area contributed by atoms with E-state index in [1.807, 2.05) is 40.7 Å². The summed E-state index contributed by atoms with van der Waals surface area (Å²) in [5.74, 6) is 1.16. The van der Waals surface area contributed by atoms with Gasteiger partial charge in [-0.25, -0.2) is 4.98 Å². The summed E-state index contributed by atoms with van der Waals surface area (Å²) in [6, 6.07) is 14.4. The number of nitrogens with one attached hydrogen (secondary N) is 1. The first-order chi connectivity index (χ1) is 14.6. The fourth-order valence-corrected chi connectivity index (χ4v) is 3.90. The highest BCUT2D eigenvalue weighted by Gasteiger charge is 2.24. The number of rotatable bonds is 6. The molecular weight excluding hydrogens is 380 g/mol. The lowest BCUT2D eigenvalue weighted by Gasteiger charge is -2.19. The van der Waals surface area contributed by atoms with Crippen LogP contribution in [0.25, 0.3) is 11.0 Å². The number of imidazole rings is 1. The smallest absolute Gasteiger partial charge is 0.251 e. The molecule has 0 spiro atoms. The Bertz CT molecular complexity index is 1070. The molecule has 7 nitrogen and oxygen atoms in total. The van der Waals surface area contributed by atoms with Gasteiger partial charge in [-0.3, -0.25) is 9.59 Å². The van der Waals surface area contributed by atoms with Crippen LogP contribution in [0.15, 0.2) is 48.5 Å². The Morgan fingerprint density at radius 2 is 1.90 bits per heavy atom. The Labute approximate surface area is 175 Å². The zero-order valence-electron chi connectivity index (χ0n) is 17.3. The lowest BCUT2D eigenvalue weighted by atomic mass is 10.2.